The molecule has 0 spiro atoms. The highest BCUT2D eigenvalue weighted by molar-refractivity contribution is 6.30. The molecule has 0 unspecified atom stereocenters. The quantitative estimate of drug-likeness (QED) is 0.650. The molecule has 4 nitrogen and oxygen atoms in total. The lowest BCUT2D eigenvalue weighted by molar-refractivity contribution is -0.159. The Labute approximate surface area is 111 Å². The summed E-state index contributed by atoms with van der Waals surface area (Å²) < 4.78 is 5.14. The fourth-order valence-corrected chi connectivity index (χ4v) is 1.22. The second kappa shape index (κ2) is 5.76. The highest BCUT2D eigenvalue weighted by Gasteiger charge is 2.27. The Kier molecular flexibility index (Phi) is 4.60. The summed E-state index contributed by atoms with van der Waals surface area (Å²) in [6.07, 6.45) is 0. The molecule has 96 valence electrons. The van der Waals surface area contributed by atoms with Crippen LogP contribution in [-0.4, -0.2) is 23.3 Å². The summed E-state index contributed by atoms with van der Waals surface area (Å²) in [5, 5.41) is 9.37. The van der Waals surface area contributed by atoms with Crippen molar-refractivity contribution in [2.45, 2.75) is 19.4 Å². The van der Waals surface area contributed by atoms with Crippen molar-refractivity contribution in [3.05, 3.63) is 28.8 Å². The molecule has 0 amide bonds. The van der Waals surface area contributed by atoms with E-state index in [1.165, 1.54) is 13.8 Å². The first-order valence-corrected chi connectivity index (χ1v) is 5.62. The molecule has 0 radical (unpaired) electrons. The van der Waals surface area contributed by atoms with E-state index in [0.29, 0.717) is 16.3 Å². The lowest BCUT2D eigenvalue weighted by atomic mass is 10.1. The van der Waals surface area contributed by atoms with E-state index in [-0.39, 0.29) is 6.61 Å². The number of nitrogens with two attached hydrogens (primary N) is 1. The Morgan fingerprint density at radius 2 is 2.22 bits per heavy atom. The van der Waals surface area contributed by atoms with E-state index in [9.17, 15) is 4.79 Å². The van der Waals surface area contributed by atoms with Gasteiger partial charge in [-0.25, -0.2) is 4.79 Å². The monoisotopic (exact) mass is 267 g/mol. The van der Waals surface area contributed by atoms with Crippen molar-refractivity contribution in [3.63, 3.8) is 0 Å². The predicted octanol–water partition coefficient (Wildman–Crippen LogP) is 2.15. The molecule has 0 fully saturated rings. The SMILES string of the molecule is CC(C)(OCC#Cc1cc(Cl)ccc1N)C(=O)O. The van der Waals surface area contributed by atoms with Crippen molar-refractivity contribution in [2.75, 3.05) is 12.3 Å². The van der Waals surface area contributed by atoms with Gasteiger partial charge in [-0.05, 0) is 32.0 Å². The fraction of sp³-hybridized carbons (Fsp3) is 0.308. The number of carboxylic acids is 1. The van der Waals surface area contributed by atoms with Gasteiger partial charge in [0.2, 0.25) is 0 Å². The molecule has 0 aliphatic rings. The van der Waals surface area contributed by atoms with Gasteiger partial charge in [-0.15, -0.1) is 0 Å². The summed E-state index contributed by atoms with van der Waals surface area (Å²) in [6.45, 7) is 2.93. The molecule has 0 heterocycles. The number of rotatable bonds is 3. The van der Waals surface area contributed by atoms with Crippen LogP contribution in [0.4, 0.5) is 5.69 Å². The smallest absolute Gasteiger partial charge is 0.335 e. The zero-order valence-corrected chi connectivity index (χ0v) is 10.9. The lowest BCUT2D eigenvalue weighted by Gasteiger charge is -2.17. The van der Waals surface area contributed by atoms with Crippen LogP contribution in [0, 0.1) is 11.8 Å². The second-order valence-corrected chi connectivity index (χ2v) is 4.57. The number of ether oxygens (including phenoxy) is 1. The van der Waals surface area contributed by atoms with E-state index in [0.717, 1.165) is 0 Å². The minimum atomic E-state index is -1.26. The topological polar surface area (TPSA) is 72.5 Å². The van der Waals surface area contributed by atoms with Crippen LogP contribution in [0.3, 0.4) is 0 Å². The largest absolute Gasteiger partial charge is 0.479 e. The lowest BCUT2D eigenvalue weighted by Crippen LogP contribution is -2.34. The van der Waals surface area contributed by atoms with Gasteiger partial charge in [0.1, 0.15) is 6.61 Å². The molecule has 1 aromatic rings. The van der Waals surface area contributed by atoms with E-state index in [4.69, 9.17) is 27.2 Å². The average Bonchev–Trinajstić information content (AvgIpc) is 2.28. The van der Waals surface area contributed by atoms with Crippen molar-refractivity contribution in [1.29, 1.82) is 0 Å². The van der Waals surface area contributed by atoms with Gasteiger partial charge in [0.25, 0.3) is 0 Å². The van der Waals surface area contributed by atoms with Crippen molar-refractivity contribution >= 4 is 23.3 Å². The zero-order valence-electron chi connectivity index (χ0n) is 10.2. The molecular weight excluding hydrogens is 254 g/mol. The molecule has 0 saturated carbocycles. The summed E-state index contributed by atoms with van der Waals surface area (Å²) in [5.41, 5.74) is 5.57. The Balaban J connectivity index is 2.67. The number of halogens is 1. The molecular formula is C13H14ClNO3. The Hall–Kier alpha value is -1.70. The van der Waals surface area contributed by atoms with E-state index >= 15 is 0 Å². The fourth-order valence-electron chi connectivity index (χ4n) is 1.05. The number of carbonyl (C=O) groups is 1. The second-order valence-electron chi connectivity index (χ2n) is 4.14. The van der Waals surface area contributed by atoms with Gasteiger partial charge in [-0.3, -0.25) is 0 Å². The third-order valence-electron chi connectivity index (χ3n) is 2.26. The number of hydrogen-bond acceptors (Lipinski definition) is 3. The normalized spacial score (nSPS) is 10.6. The maximum Gasteiger partial charge on any atom is 0.335 e. The van der Waals surface area contributed by atoms with Crippen molar-refractivity contribution in [1.82, 2.24) is 0 Å². The van der Waals surface area contributed by atoms with E-state index in [2.05, 4.69) is 11.8 Å². The number of carboxylic acid groups (broad SMARTS) is 1. The first-order chi connectivity index (χ1) is 8.33. The number of aliphatic carboxylic acids is 1. The third-order valence-corrected chi connectivity index (χ3v) is 2.49. The molecule has 1 rings (SSSR count). The minimum absolute atomic E-state index is 0.00521. The molecule has 0 atom stereocenters. The van der Waals surface area contributed by atoms with Gasteiger partial charge in [0.15, 0.2) is 5.60 Å². The molecule has 18 heavy (non-hydrogen) atoms. The molecule has 5 heteroatoms. The van der Waals surface area contributed by atoms with Crippen LogP contribution in [-0.2, 0) is 9.53 Å². The molecule has 3 N–H and O–H groups in total. The Morgan fingerprint density at radius 3 is 2.83 bits per heavy atom. The van der Waals surface area contributed by atoms with Gasteiger partial charge in [0.05, 0.1) is 0 Å². The number of benzene rings is 1. The van der Waals surface area contributed by atoms with Crippen molar-refractivity contribution < 1.29 is 14.6 Å². The van der Waals surface area contributed by atoms with Gasteiger partial charge >= 0.3 is 5.97 Å². The summed E-state index contributed by atoms with van der Waals surface area (Å²) in [6, 6.07) is 4.98. The molecule has 0 saturated heterocycles. The standard InChI is InChI=1S/C13H14ClNO3/c1-13(2,12(16)17)18-7-3-4-9-8-10(14)5-6-11(9)15/h5-6,8H,7,15H2,1-2H3,(H,16,17). The van der Waals surface area contributed by atoms with Crippen LogP contribution in [0.2, 0.25) is 5.02 Å². The van der Waals surface area contributed by atoms with E-state index in [1.54, 1.807) is 18.2 Å². The van der Waals surface area contributed by atoms with Gasteiger partial charge in [0, 0.05) is 16.3 Å². The summed E-state index contributed by atoms with van der Waals surface area (Å²) in [4.78, 5) is 10.8. The van der Waals surface area contributed by atoms with E-state index in [1.807, 2.05) is 0 Å². The van der Waals surface area contributed by atoms with Crippen LogP contribution in [0.1, 0.15) is 19.4 Å². The Morgan fingerprint density at radius 1 is 1.56 bits per heavy atom. The molecule has 0 aromatic heterocycles. The first-order valence-electron chi connectivity index (χ1n) is 5.24. The van der Waals surface area contributed by atoms with Crippen LogP contribution in [0.25, 0.3) is 0 Å². The maximum atomic E-state index is 10.8. The van der Waals surface area contributed by atoms with Crippen LogP contribution in [0.5, 0.6) is 0 Å². The predicted molar refractivity (Wildman–Crippen MR) is 70.4 cm³/mol. The minimum Gasteiger partial charge on any atom is -0.479 e. The number of nitrogen functional groups attached to an aromatic ring is 1. The zero-order chi connectivity index (χ0) is 13.8. The summed E-state index contributed by atoms with van der Waals surface area (Å²) in [7, 11) is 0. The van der Waals surface area contributed by atoms with Crippen molar-refractivity contribution in [3.8, 4) is 11.8 Å². The first kappa shape index (κ1) is 14.4. The molecule has 0 aliphatic carbocycles. The highest BCUT2D eigenvalue weighted by atomic mass is 35.5. The number of anilines is 1. The Bertz CT molecular complexity index is 515. The van der Waals surface area contributed by atoms with Gasteiger partial charge in [-0.2, -0.15) is 0 Å². The molecule has 0 bridgehead atoms. The summed E-state index contributed by atoms with van der Waals surface area (Å²) >= 11 is 5.81. The van der Waals surface area contributed by atoms with Crippen LogP contribution < -0.4 is 5.73 Å². The summed E-state index contributed by atoms with van der Waals surface area (Å²) in [5.74, 6) is 4.46. The van der Waals surface area contributed by atoms with Crippen LogP contribution in [0.15, 0.2) is 18.2 Å². The average molecular weight is 268 g/mol. The van der Waals surface area contributed by atoms with Gasteiger partial charge in [-0.1, -0.05) is 23.4 Å². The maximum absolute atomic E-state index is 10.8. The number of hydrogen-bond donors (Lipinski definition) is 2. The van der Waals surface area contributed by atoms with Gasteiger partial charge < -0.3 is 15.6 Å². The van der Waals surface area contributed by atoms with Crippen molar-refractivity contribution in [2.24, 2.45) is 0 Å². The third kappa shape index (κ3) is 3.95. The molecule has 1 aromatic carbocycles. The molecule has 0 aliphatic heterocycles. The highest BCUT2D eigenvalue weighted by Crippen LogP contribution is 2.16. The van der Waals surface area contributed by atoms with Crippen LogP contribution >= 0.6 is 11.6 Å². The van der Waals surface area contributed by atoms with E-state index < -0.39 is 11.6 Å².